The van der Waals surface area contributed by atoms with Crippen molar-refractivity contribution in [2.24, 2.45) is 0 Å². The van der Waals surface area contributed by atoms with Crippen LogP contribution in [0.3, 0.4) is 0 Å². The molecule has 0 saturated carbocycles. The maximum Gasteiger partial charge on any atom is 0.420 e. The average Bonchev–Trinajstić information content (AvgIpc) is 3.50. The van der Waals surface area contributed by atoms with Crippen molar-refractivity contribution < 1.29 is 36.3 Å². The molecule has 4 heterocycles. The Balaban J connectivity index is 1.50. The predicted molar refractivity (Wildman–Crippen MR) is 105 cm³/mol. The van der Waals surface area contributed by atoms with Gasteiger partial charge in [0.05, 0.1) is 50.4 Å². The largest absolute Gasteiger partial charge is 0.455 e. The summed E-state index contributed by atoms with van der Waals surface area (Å²) in [5.74, 6) is -1.68. The number of oxazole rings is 1. The molecule has 2 unspecified atom stereocenters. The number of aromatic nitrogens is 3. The molecule has 0 spiro atoms. The maximum atomic E-state index is 14.2. The molecule has 5 rings (SSSR count). The van der Waals surface area contributed by atoms with Gasteiger partial charge < -0.3 is 23.6 Å². The fourth-order valence-electron chi connectivity index (χ4n) is 4.20. The molecular formula is C21H21F3N4O5. The molecule has 1 aliphatic carbocycles. The highest BCUT2D eigenvalue weighted by molar-refractivity contribution is 5.96. The minimum absolute atomic E-state index is 0.0890. The fraction of sp³-hybridized carbons (Fsp3) is 0.476. The van der Waals surface area contributed by atoms with Gasteiger partial charge in [-0.1, -0.05) is 6.92 Å². The summed E-state index contributed by atoms with van der Waals surface area (Å²) in [6, 6.07) is 0. The zero-order valence-corrected chi connectivity index (χ0v) is 17.6. The Morgan fingerprint density at radius 1 is 1.33 bits per heavy atom. The Labute approximate surface area is 185 Å². The molecule has 1 fully saturated rings. The average molecular weight is 466 g/mol. The molecule has 2 aliphatic rings. The van der Waals surface area contributed by atoms with Gasteiger partial charge in [-0.15, -0.1) is 0 Å². The van der Waals surface area contributed by atoms with Crippen molar-refractivity contribution in [3.63, 3.8) is 0 Å². The smallest absolute Gasteiger partial charge is 0.420 e. The Morgan fingerprint density at radius 2 is 2.18 bits per heavy atom. The van der Waals surface area contributed by atoms with Gasteiger partial charge in [0.1, 0.15) is 23.7 Å². The first-order chi connectivity index (χ1) is 15.8. The normalized spacial score (nSPS) is 20.4. The van der Waals surface area contributed by atoms with Crippen molar-refractivity contribution in [1.29, 1.82) is 0 Å². The van der Waals surface area contributed by atoms with E-state index in [0.717, 1.165) is 0 Å². The van der Waals surface area contributed by atoms with Crippen LogP contribution < -0.4 is 5.32 Å². The monoisotopic (exact) mass is 466 g/mol. The van der Waals surface area contributed by atoms with Crippen LogP contribution in [0, 0.1) is 0 Å². The molecule has 176 valence electrons. The first-order valence-corrected chi connectivity index (χ1v) is 10.5. The van der Waals surface area contributed by atoms with Gasteiger partial charge in [-0.25, -0.2) is 4.98 Å². The Hall–Kier alpha value is -3.12. The lowest BCUT2D eigenvalue weighted by Crippen LogP contribution is -2.32. The number of rotatable bonds is 5. The zero-order valence-electron chi connectivity index (χ0n) is 17.6. The Kier molecular flexibility index (Phi) is 5.49. The first kappa shape index (κ1) is 21.7. The quantitative estimate of drug-likeness (QED) is 0.616. The van der Waals surface area contributed by atoms with E-state index < -0.39 is 23.4 Å². The van der Waals surface area contributed by atoms with Crippen LogP contribution in [-0.2, 0) is 35.2 Å². The van der Waals surface area contributed by atoms with Gasteiger partial charge in [0.15, 0.2) is 0 Å². The topological polar surface area (TPSA) is 105 Å². The second kappa shape index (κ2) is 8.34. The second-order valence-corrected chi connectivity index (χ2v) is 8.04. The Bertz CT molecular complexity index is 1150. The van der Waals surface area contributed by atoms with E-state index in [0.29, 0.717) is 31.9 Å². The van der Waals surface area contributed by atoms with Crippen LogP contribution in [0.5, 0.6) is 0 Å². The number of furan rings is 1. The number of ether oxygens (including phenoxy) is 2. The highest BCUT2D eigenvalue weighted by Gasteiger charge is 2.46. The number of hydrogen-bond acceptors (Lipinski definition) is 7. The Morgan fingerprint density at radius 3 is 2.88 bits per heavy atom. The summed E-state index contributed by atoms with van der Waals surface area (Å²) >= 11 is 0. The number of nitrogens with zero attached hydrogens (tertiary/aromatic N) is 3. The summed E-state index contributed by atoms with van der Waals surface area (Å²) in [6.45, 7) is 3.41. The van der Waals surface area contributed by atoms with Crippen LogP contribution in [0.4, 0.5) is 13.2 Å². The first-order valence-electron chi connectivity index (χ1n) is 10.5. The summed E-state index contributed by atoms with van der Waals surface area (Å²) in [5.41, 5.74) is -0.477. The van der Waals surface area contributed by atoms with Gasteiger partial charge in [0.25, 0.3) is 5.91 Å². The van der Waals surface area contributed by atoms with Gasteiger partial charge in [-0.2, -0.15) is 18.3 Å². The van der Waals surface area contributed by atoms with E-state index in [-0.39, 0.29) is 47.9 Å². The molecule has 3 aromatic heterocycles. The van der Waals surface area contributed by atoms with Gasteiger partial charge in [0, 0.05) is 18.2 Å². The van der Waals surface area contributed by atoms with Crippen molar-refractivity contribution in [2.75, 3.05) is 19.8 Å². The number of nitrogens with one attached hydrogen (secondary N) is 1. The summed E-state index contributed by atoms with van der Waals surface area (Å²) in [6.07, 6.45) is -0.438. The van der Waals surface area contributed by atoms with E-state index >= 15 is 0 Å². The van der Waals surface area contributed by atoms with Gasteiger partial charge in [0.2, 0.25) is 11.7 Å². The van der Waals surface area contributed by atoms with Crippen LogP contribution >= 0.6 is 0 Å². The second-order valence-electron chi connectivity index (χ2n) is 8.04. The van der Waals surface area contributed by atoms with Crippen LogP contribution in [0.25, 0.3) is 11.3 Å². The molecule has 1 aliphatic heterocycles. The van der Waals surface area contributed by atoms with Crippen molar-refractivity contribution >= 4 is 5.91 Å². The molecule has 0 aromatic carbocycles. The fourth-order valence-corrected chi connectivity index (χ4v) is 4.20. The number of halogens is 3. The van der Waals surface area contributed by atoms with E-state index in [9.17, 15) is 18.0 Å². The number of alkyl halides is 3. The molecule has 3 aromatic rings. The molecule has 33 heavy (non-hydrogen) atoms. The molecule has 1 amide bonds. The maximum absolute atomic E-state index is 14.2. The molecular weight excluding hydrogens is 445 g/mol. The highest BCUT2D eigenvalue weighted by atomic mass is 19.4. The highest BCUT2D eigenvalue weighted by Crippen LogP contribution is 2.48. The summed E-state index contributed by atoms with van der Waals surface area (Å²) in [5, 5.41) is 6.81. The summed E-state index contributed by atoms with van der Waals surface area (Å²) < 4.78 is 65.6. The lowest BCUT2D eigenvalue weighted by Gasteiger charge is -2.22. The third kappa shape index (κ3) is 4.15. The number of carbonyl (C=O) groups excluding carboxylic acids is 1. The third-order valence-electron chi connectivity index (χ3n) is 5.68. The van der Waals surface area contributed by atoms with Gasteiger partial charge in [-0.05, 0) is 5.92 Å². The van der Waals surface area contributed by atoms with E-state index in [2.05, 4.69) is 15.4 Å². The van der Waals surface area contributed by atoms with Crippen LogP contribution in [0.15, 0.2) is 27.5 Å². The van der Waals surface area contributed by atoms with E-state index in [4.69, 9.17) is 18.3 Å². The van der Waals surface area contributed by atoms with E-state index in [1.165, 1.54) is 12.5 Å². The third-order valence-corrected chi connectivity index (χ3v) is 5.68. The van der Waals surface area contributed by atoms with Crippen molar-refractivity contribution in [3.05, 3.63) is 47.2 Å². The molecule has 0 bridgehead atoms. The van der Waals surface area contributed by atoms with Crippen LogP contribution in [-0.4, -0.2) is 46.6 Å². The zero-order chi connectivity index (χ0) is 23.2. The molecule has 1 N–H and O–H groups in total. The van der Waals surface area contributed by atoms with Gasteiger partial charge in [-0.3, -0.25) is 9.48 Å². The van der Waals surface area contributed by atoms with Crippen molar-refractivity contribution in [1.82, 2.24) is 20.1 Å². The number of fused-ring (bicyclic) bond motifs is 3. The predicted octanol–water partition coefficient (Wildman–Crippen LogP) is 3.15. The van der Waals surface area contributed by atoms with Crippen molar-refractivity contribution in [2.45, 2.75) is 44.6 Å². The van der Waals surface area contributed by atoms with Gasteiger partial charge >= 0.3 is 6.18 Å². The SMILES string of the molecule is CC1Cc2oc(C(=O)NCc3ncco3)c(C(F)(F)F)c2-c2nn(CC3COCCO3)cc21. The number of amides is 1. The van der Waals surface area contributed by atoms with E-state index in [1.54, 1.807) is 10.9 Å². The lowest BCUT2D eigenvalue weighted by atomic mass is 9.86. The standard InChI is InChI=1S/C21H21F3N4O5/c1-11-6-14-16(18-13(11)9-28(27-18)8-12-10-30-4-5-31-12)17(21(22,23)24)19(33-14)20(29)26-7-15-25-2-3-32-15/h2-3,9,11-12H,4-8,10H2,1H3,(H,26,29). The molecule has 0 radical (unpaired) electrons. The van der Waals surface area contributed by atoms with Crippen LogP contribution in [0.1, 0.15) is 46.2 Å². The number of carbonyl (C=O) groups is 1. The van der Waals surface area contributed by atoms with Crippen LogP contribution in [0.2, 0.25) is 0 Å². The van der Waals surface area contributed by atoms with Crippen molar-refractivity contribution in [3.8, 4) is 11.3 Å². The molecule has 12 heteroatoms. The minimum atomic E-state index is -4.82. The minimum Gasteiger partial charge on any atom is -0.455 e. The van der Waals surface area contributed by atoms with E-state index in [1.807, 2.05) is 6.92 Å². The molecule has 2 atom stereocenters. The molecule has 9 nitrogen and oxygen atoms in total. The number of hydrogen-bond donors (Lipinski definition) is 1. The molecule has 1 saturated heterocycles. The summed E-state index contributed by atoms with van der Waals surface area (Å²) in [4.78, 5) is 16.5. The lowest BCUT2D eigenvalue weighted by molar-refractivity contribution is -0.137. The summed E-state index contributed by atoms with van der Waals surface area (Å²) in [7, 11) is 0.